The number of phosphoric ester groups is 1. The van der Waals surface area contributed by atoms with Crippen LogP contribution in [0, 0.1) is 0 Å². The molecule has 0 fully saturated rings. The number of ether oxygens (including phenoxy) is 2. The van der Waals surface area contributed by atoms with Crippen LogP contribution in [0.4, 0.5) is 0 Å². The molecule has 0 spiro atoms. The number of hydrogen-bond donors (Lipinski definition) is 2. The Morgan fingerprint density at radius 1 is 0.366 bits per heavy atom. The van der Waals surface area contributed by atoms with Crippen LogP contribution < -0.4 is 5.73 Å². The van der Waals surface area contributed by atoms with Gasteiger partial charge in [-0.1, -0.05) is 322 Å². The number of nitrogens with two attached hydrogens (primary N) is 1. The molecule has 0 saturated carbocycles. The van der Waals surface area contributed by atoms with Gasteiger partial charge in [-0.25, -0.2) is 4.57 Å². The molecular weight excluding hydrogens is 906 g/mol. The summed E-state index contributed by atoms with van der Waals surface area (Å²) in [4.78, 5) is 35.2. The summed E-state index contributed by atoms with van der Waals surface area (Å²) in [6.45, 7) is 3.83. The van der Waals surface area contributed by atoms with E-state index in [2.05, 4.69) is 13.8 Å². The lowest BCUT2D eigenvalue weighted by Crippen LogP contribution is -2.29. The van der Waals surface area contributed by atoms with Crippen LogP contribution in [0.3, 0.4) is 0 Å². The number of hydrogen-bond acceptors (Lipinski definition) is 8. The van der Waals surface area contributed by atoms with Crippen molar-refractivity contribution < 1.29 is 37.6 Å². The first-order valence-electron chi connectivity index (χ1n) is 31.5. The van der Waals surface area contributed by atoms with Crippen molar-refractivity contribution in [1.82, 2.24) is 0 Å². The second kappa shape index (κ2) is 58.3. The zero-order valence-corrected chi connectivity index (χ0v) is 48.4. The van der Waals surface area contributed by atoms with Crippen molar-refractivity contribution in [1.29, 1.82) is 0 Å². The van der Waals surface area contributed by atoms with Crippen LogP contribution in [-0.2, 0) is 32.7 Å². The van der Waals surface area contributed by atoms with Gasteiger partial charge in [-0.3, -0.25) is 18.6 Å². The van der Waals surface area contributed by atoms with Crippen molar-refractivity contribution in [2.45, 2.75) is 354 Å². The highest BCUT2D eigenvalue weighted by molar-refractivity contribution is 7.47. The Hall–Kier alpha value is -0.990. The molecule has 9 nitrogen and oxygen atoms in total. The first-order valence-corrected chi connectivity index (χ1v) is 33.0. The molecule has 0 aromatic carbocycles. The van der Waals surface area contributed by atoms with E-state index in [0.29, 0.717) is 6.42 Å². The van der Waals surface area contributed by atoms with Crippen molar-refractivity contribution in [3.63, 3.8) is 0 Å². The van der Waals surface area contributed by atoms with Gasteiger partial charge in [0, 0.05) is 19.4 Å². The van der Waals surface area contributed by atoms with E-state index in [1.807, 2.05) is 0 Å². The monoisotopic (exact) mass is 1030 g/mol. The van der Waals surface area contributed by atoms with E-state index in [9.17, 15) is 19.0 Å². The maximum absolute atomic E-state index is 12.7. The van der Waals surface area contributed by atoms with Gasteiger partial charge in [-0.05, 0) is 12.8 Å². The van der Waals surface area contributed by atoms with Gasteiger partial charge in [0.15, 0.2) is 6.10 Å². The molecule has 0 aliphatic carbocycles. The molecule has 424 valence electrons. The third-order valence-corrected chi connectivity index (χ3v) is 15.5. The summed E-state index contributed by atoms with van der Waals surface area (Å²) >= 11 is 0. The standard InChI is InChI=1S/C61H122NO8P/c1-3-5-7-9-11-13-15-17-19-21-22-23-24-25-26-27-28-29-30-31-32-33-34-35-36-38-40-42-44-46-48-50-52-54-61(64)70-59(58-69-71(65,66)68-56-55-62)57-67-60(63)53-51-49-47-45-43-41-39-37-20-18-16-14-12-10-8-6-4-2/h59H,3-58,62H2,1-2H3,(H,65,66). The zero-order chi connectivity index (χ0) is 51.7. The summed E-state index contributed by atoms with van der Waals surface area (Å²) in [6.07, 6.45) is 66.2. The molecule has 0 aliphatic heterocycles. The van der Waals surface area contributed by atoms with Crippen molar-refractivity contribution in [2.75, 3.05) is 26.4 Å². The highest BCUT2D eigenvalue weighted by atomic mass is 31.2. The molecule has 10 heteroatoms. The summed E-state index contributed by atoms with van der Waals surface area (Å²) in [7, 11) is -4.38. The molecule has 0 radical (unpaired) electrons. The fourth-order valence-corrected chi connectivity index (χ4v) is 10.6. The Kier molecular flexibility index (Phi) is 57.5. The van der Waals surface area contributed by atoms with Gasteiger partial charge in [0.1, 0.15) is 6.61 Å². The van der Waals surface area contributed by atoms with E-state index >= 15 is 0 Å². The SMILES string of the molecule is CCCCCCCCCCCCCCCCCCCCCCCCCCCCCCCCCCCC(=O)OC(COC(=O)CCCCCCCCCCCCCCCCCCC)COP(=O)(O)OCCN. The lowest BCUT2D eigenvalue weighted by molar-refractivity contribution is -0.161. The number of phosphoric acid groups is 1. The number of carbonyl (C=O) groups is 2. The van der Waals surface area contributed by atoms with E-state index in [4.69, 9.17) is 24.3 Å². The lowest BCUT2D eigenvalue weighted by Gasteiger charge is -2.19. The van der Waals surface area contributed by atoms with Crippen molar-refractivity contribution >= 4 is 19.8 Å². The summed E-state index contributed by atoms with van der Waals surface area (Å²) < 4.78 is 33.1. The topological polar surface area (TPSA) is 134 Å². The van der Waals surface area contributed by atoms with E-state index in [-0.39, 0.29) is 38.6 Å². The van der Waals surface area contributed by atoms with Crippen LogP contribution in [0.2, 0.25) is 0 Å². The smallest absolute Gasteiger partial charge is 0.462 e. The summed E-state index contributed by atoms with van der Waals surface area (Å²) in [5, 5.41) is 0. The maximum Gasteiger partial charge on any atom is 0.472 e. The minimum Gasteiger partial charge on any atom is -0.462 e. The number of carbonyl (C=O) groups excluding carboxylic acids is 2. The molecule has 0 heterocycles. The predicted molar refractivity (Wildman–Crippen MR) is 303 cm³/mol. The molecule has 0 bridgehead atoms. The third kappa shape index (κ3) is 58.1. The zero-order valence-electron chi connectivity index (χ0n) is 47.5. The number of rotatable bonds is 61. The van der Waals surface area contributed by atoms with E-state index < -0.39 is 26.5 Å². The van der Waals surface area contributed by atoms with Crippen molar-refractivity contribution in [3.8, 4) is 0 Å². The van der Waals surface area contributed by atoms with Crippen LogP contribution in [0.5, 0.6) is 0 Å². The molecule has 0 amide bonds. The predicted octanol–water partition coefficient (Wildman–Crippen LogP) is 19.9. The van der Waals surface area contributed by atoms with Gasteiger partial charge >= 0.3 is 19.8 Å². The molecule has 2 unspecified atom stereocenters. The molecule has 0 aromatic heterocycles. The van der Waals surface area contributed by atoms with E-state index in [1.165, 1.54) is 283 Å². The number of unbranched alkanes of at least 4 members (excludes halogenated alkanes) is 48. The number of esters is 2. The fourth-order valence-electron chi connectivity index (χ4n) is 9.82. The molecule has 0 rings (SSSR count). The Morgan fingerprint density at radius 2 is 0.606 bits per heavy atom. The fraction of sp³-hybridized carbons (Fsp3) is 0.967. The Labute approximate surface area is 441 Å². The van der Waals surface area contributed by atoms with Gasteiger partial charge in [0.05, 0.1) is 13.2 Å². The molecule has 71 heavy (non-hydrogen) atoms. The van der Waals surface area contributed by atoms with Gasteiger partial charge in [0.2, 0.25) is 0 Å². The lowest BCUT2D eigenvalue weighted by atomic mass is 10.0. The van der Waals surface area contributed by atoms with Crippen LogP contribution in [-0.4, -0.2) is 49.3 Å². The van der Waals surface area contributed by atoms with Crippen LogP contribution >= 0.6 is 7.82 Å². The summed E-state index contributed by atoms with van der Waals surface area (Å²) in [5.41, 5.74) is 5.39. The molecule has 3 N–H and O–H groups in total. The van der Waals surface area contributed by atoms with Gasteiger partial charge in [-0.2, -0.15) is 0 Å². The minimum absolute atomic E-state index is 0.0586. The molecule has 2 atom stereocenters. The Balaban J connectivity index is 3.79. The first-order chi connectivity index (χ1) is 34.8. The van der Waals surface area contributed by atoms with Gasteiger partial charge in [-0.15, -0.1) is 0 Å². The average molecular weight is 1030 g/mol. The van der Waals surface area contributed by atoms with Crippen LogP contribution in [0.1, 0.15) is 348 Å². The molecule has 0 aliphatic rings. The van der Waals surface area contributed by atoms with Crippen LogP contribution in [0.25, 0.3) is 0 Å². The Bertz CT molecular complexity index is 1130. The molecule has 0 aromatic rings. The van der Waals surface area contributed by atoms with Gasteiger partial charge in [0.25, 0.3) is 0 Å². The normalized spacial score (nSPS) is 12.9. The van der Waals surface area contributed by atoms with E-state index in [1.54, 1.807) is 0 Å². The van der Waals surface area contributed by atoms with E-state index in [0.717, 1.165) is 32.1 Å². The first kappa shape index (κ1) is 70.0. The molecule has 0 saturated heterocycles. The quantitative estimate of drug-likeness (QED) is 0.0347. The maximum atomic E-state index is 12.7. The largest absolute Gasteiger partial charge is 0.472 e. The third-order valence-electron chi connectivity index (χ3n) is 14.5. The second-order valence-electron chi connectivity index (χ2n) is 21.7. The summed E-state index contributed by atoms with van der Waals surface area (Å²) in [6, 6.07) is 0. The average Bonchev–Trinajstić information content (AvgIpc) is 3.36. The second-order valence-corrected chi connectivity index (χ2v) is 23.1. The Morgan fingerprint density at radius 3 is 0.859 bits per heavy atom. The highest BCUT2D eigenvalue weighted by Crippen LogP contribution is 2.43. The summed E-state index contributed by atoms with van der Waals surface area (Å²) in [5.74, 6) is -0.802. The van der Waals surface area contributed by atoms with Crippen molar-refractivity contribution in [3.05, 3.63) is 0 Å². The van der Waals surface area contributed by atoms with Crippen LogP contribution in [0.15, 0.2) is 0 Å². The highest BCUT2D eigenvalue weighted by Gasteiger charge is 2.26. The molecular formula is C61H122NO8P. The van der Waals surface area contributed by atoms with Crippen molar-refractivity contribution in [2.24, 2.45) is 5.73 Å². The van der Waals surface area contributed by atoms with Gasteiger partial charge < -0.3 is 20.1 Å². The minimum atomic E-state index is -4.38.